The van der Waals surface area contributed by atoms with Crippen LogP contribution in [-0.4, -0.2) is 34.8 Å². The zero-order valence-corrected chi connectivity index (χ0v) is 17.2. The molecule has 146 valence electrons. The van der Waals surface area contributed by atoms with E-state index in [1.165, 1.54) is 0 Å². The Morgan fingerprint density at radius 3 is 2.61 bits per heavy atom. The Balaban J connectivity index is 1.73. The monoisotopic (exact) mass is 377 g/mol. The Hall–Kier alpha value is -2.89. The van der Waals surface area contributed by atoms with Crippen LogP contribution in [0.4, 0.5) is 11.4 Å². The SMILES string of the molecule is Cc1cc(N(C)C)ccc1NC(=O)c1cc(C2CC2)nc2c1cnn2C(C)C. The number of rotatable bonds is 5. The van der Waals surface area contributed by atoms with Crippen LogP contribution in [0.3, 0.4) is 0 Å². The molecule has 28 heavy (non-hydrogen) atoms. The Kier molecular flexibility index (Phi) is 4.57. The van der Waals surface area contributed by atoms with E-state index in [0.29, 0.717) is 11.5 Å². The van der Waals surface area contributed by atoms with Gasteiger partial charge in [-0.3, -0.25) is 4.79 Å². The summed E-state index contributed by atoms with van der Waals surface area (Å²) >= 11 is 0. The molecule has 2 heterocycles. The summed E-state index contributed by atoms with van der Waals surface area (Å²) in [6, 6.07) is 8.18. The molecule has 1 N–H and O–H groups in total. The van der Waals surface area contributed by atoms with Crippen LogP contribution in [0, 0.1) is 6.92 Å². The summed E-state index contributed by atoms with van der Waals surface area (Å²) < 4.78 is 1.90. The number of aromatic nitrogens is 3. The maximum Gasteiger partial charge on any atom is 0.256 e. The molecule has 3 aromatic rings. The second kappa shape index (κ2) is 6.93. The Labute approximate surface area is 165 Å². The highest BCUT2D eigenvalue weighted by Crippen LogP contribution is 2.40. The van der Waals surface area contributed by atoms with Crippen LogP contribution in [0.2, 0.25) is 0 Å². The Morgan fingerprint density at radius 2 is 2.00 bits per heavy atom. The molecule has 0 saturated heterocycles. The minimum atomic E-state index is -0.113. The molecule has 6 nitrogen and oxygen atoms in total. The fraction of sp³-hybridized carbons (Fsp3) is 0.409. The molecule has 1 amide bonds. The molecule has 2 aromatic heterocycles. The molecule has 0 spiro atoms. The van der Waals surface area contributed by atoms with Crippen molar-refractivity contribution in [2.75, 3.05) is 24.3 Å². The van der Waals surface area contributed by atoms with E-state index in [4.69, 9.17) is 4.98 Å². The lowest BCUT2D eigenvalue weighted by atomic mass is 10.1. The number of pyridine rings is 1. The van der Waals surface area contributed by atoms with E-state index < -0.39 is 0 Å². The number of hydrogen-bond acceptors (Lipinski definition) is 4. The number of nitrogens with zero attached hydrogens (tertiary/aromatic N) is 4. The van der Waals surface area contributed by atoms with E-state index in [-0.39, 0.29) is 11.9 Å². The second-order valence-electron chi connectivity index (χ2n) is 8.14. The minimum Gasteiger partial charge on any atom is -0.378 e. The third kappa shape index (κ3) is 3.35. The Morgan fingerprint density at radius 1 is 1.25 bits per heavy atom. The summed E-state index contributed by atoms with van der Waals surface area (Å²) in [5, 5.41) is 8.37. The summed E-state index contributed by atoms with van der Waals surface area (Å²) in [6.45, 7) is 6.16. The van der Waals surface area contributed by atoms with Gasteiger partial charge >= 0.3 is 0 Å². The van der Waals surface area contributed by atoms with E-state index in [9.17, 15) is 4.79 Å². The molecule has 0 aliphatic heterocycles. The summed E-state index contributed by atoms with van der Waals surface area (Å²) in [4.78, 5) is 20.1. The van der Waals surface area contributed by atoms with Crippen molar-refractivity contribution in [2.24, 2.45) is 0 Å². The van der Waals surface area contributed by atoms with E-state index >= 15 is 0 Å². The first-order valence-corrected chi connectivity index (χ1v) is 9.82. The van der Waals surface area contributed by atoms with Crippen molar-refractivity contribution in [3.8, 4) is 0 Å². The van der Waals surface area contributed by atoms with Crippen molar-refractivity contribution in [1.82, 2.24) is 14.8 Å². The first-order valence-electron chi connectivity index (χ1n) is 9.82. The van der Waals surface area contributed by atoms with Gasteiger partial charge in [-0.05, 0) is 63.4 Å². The molecule has 0 unspecified atom stereocenters. The van der Waals surface area contributed by atoms with Crippen molar-refractivity contribution in [3.63, 3.8) is 0 Å². The van der Waals surface area contributed by atoms with Crippen LogP contribution in [-0.2, 0) is 0 Å². The van der Waals surface area contributed by atoms with Gasteiger partial charge in [0.15, 0.2) is 5.65 Å². The lowest BCUT2D eigenvalue weighted by Gasteiger charge is -2.16. The van der Waals surface area contributed by atoms with E-state index in [0.717, 1.165) is 46.5 Å². The number of benzene rings is 1. The van der Waals surface area contributed by atoms with Crippen LogP contribution >= 0.6 is 0 Å². The van der Waals surface area contributed by atoms with Crippen molar-refractivity contribution in [1.29, 1.82) is 0 Å². The molecule has 4 rings (SSSR count). The first-order chi connectivity index (χ1) is 13.3. The van der Waals surface area contributed by atoms with Gasteiger partial charge in [-0.15, -0.1) is 0 Å². The highest BCUT2D eigenvalue weighted by Gasteiger charge is 2.28. The Bertz CT molecular complexity index is 1050. The molecular weight excluding hydrogens is 350 g/mol. The van der Waals surface area contributed by atoms with Crippen molar-refractivity contribution in [2.45, 2.75) is 45.6 Å². The van der Waals surface area contributed by atoms with Gasteiger partial charge in [-0.25, -0.2) is 9.67 Å². The van der Waals surface area contributed by atoms with Crippen LogP contribution in [0.5, 0.6) is 0 Å². The maximum atomic E-state index is 13.2. The standard InChI is InChI=1S/C22H27N5O/c1-13(2)27-21-18(12-23-27)17(11-20(24-21)15-6-7-15)22(28)25-19-9-8-16(26(4)5)10-14(19)3/h8-13,15H,6-7H2,1-5H3,(H,25,28). The number of carbonyl (C=O) groups is 1. The highest BCUT2D eigenvalue weighted by atomic mass is 16.1. The van der Waals surface area contributed by atoms with Gasteiger partial charge < -0.3 is 10.2 Å². The first kappa shape index (κ1) is 18.5. The average molecular weight is 377 g/mol. The van der Waals surface area contributed by atoms with Gasteiger partial charge in [0.25, 0.3) is 5.91 Å². The number of carbonyl (C=O) groups excluding carboxylic acids is 1. The van der Waals surface area contributed by atoms with Crippen LogP contribution in [0.1, 0.15) is 60.3 Å². The topological polar surface area (TPSA) is 63.1 Å². The largest absolute Gasteiger partial charge is 0.378 e. The molecule has 1 saturated carbocycles. The number of nitrogens with one attached hydrogen (secondary N) is 1. The van der Waals surface area contributed by atoms with Gasteiger partial charge in [-0.2, -0.15) is 5.10 Å². The number of aryl methyl sites for hydroxylation is 1. The zero-order chi connectivity index (χ0) is 20.0. The third-order valence-electron chi connectivity index (χ3n) is 5.29. The molecule has 1 aliphatic carbocycles. The predicted molar refractivity (Wildman–Crippen MR) is 113 cm³/mol. The van der Waals surface area contributed by atoms with Crippen LogP contribution in [0.15, 0.2) is 30.5 Å². The van der Waals surface area contributed by atoms with Crippen LogP contribution in [0.25, 0.3) is 11.0 Å². The van der Waals surface area contributed by atoms with Gasteiger partial charge in [0.2, 0.25) is 0 Å². The summed E-state index contributed by atoms with van der Waals surface area (Å²) in [5.74, 6) is 0.353. The van der Waals surface area contributed by atoms with Crippen molar-refractivity contribution >= 4 is 28.3 Å². The maximum absolute atomic E-state index is 13.2. The highest BCUT2D eigenvalue weighted by molar-refractivity contribution is 6.12. The van der Waals surface area contributed by atoms with Gasteiger partial charge in [0.1, 0.15) is 0 Å². The van der Waals surface area contributed by atoms with Gasteiger partial charge in [0.05, 0.1) is 17.1 Å². The zero-order valence-electron chi connectivity index (χ0n) is 17.2. The van der Waals surface area contributed by atoms with E-state index in [1.54, 1.807) is 6.20 Å². The molecule has 0 atom stereocenters. The quantitative estimate of drug-likeness (QED) is 0.710. The van der Waals surface area contributed by atoms with Crippen LogP contribution < -0.4 is 10.2 Å². The molecule has 0 bridgehead atoms. The third-order valence-corrected chi connectivity index (χ3v) is 5.29. The average Bonchev–Trinajstić information content (AvgIpc) is 3.41. The number of amides is 1. The van der Waals surface area contributed by atoms with Gasteiger partial charge in [-0.1, -0.05) is 0 Å². The molecule has 0 radical (unpaired) electrons. The predicted octanol–water partition coefficient (Wildman–Crippen LogP) is 4.52. The molecule has 1 aromatic carbocycles. The van der Waals surface area contributed by atoms with E-state index in [2.05, 4.69) is 30.3 Å². The molecular formula is C22H27N5O. The number of fused-ring (bicyclic) bond motifs is 1. The van der Waals surface area contributed by atoms with Crippen molar-refractivity contribution < 1.29 is 4.79 Å². The summed E-state index contributed by atoms with van der Waals surface area (Å²) in [5.41, 5.74) is 5.41. The fourth-order valence-corrected chi connectivity index (χ4v) is 3.45. The second-order valence-corrected chi connectivity index (χ2v) is 8.14. The number of anilines is 2. The minimum absolute atomic E-state index is 0.113. The molecule has 1 fully saturated rings. The van der Waals surface area contributed by atoms with Gasteiger partial charge in [0, 0.05) is 43.1 Å². The summed E-state index contributed by atoms with van der Waals surface area (Å²) in [7, 11) is 4.01. The number of hydrogen-bond donors (Lipinski definition) is 1. The lowest BCUT2D eigenvalue weighted by molar-refractivity contribution is 0.102. The van der Waals surface area contributed by atoms with E-state index in [1.807, 2.05) is 48.8 Å². The smallest absolute Gasteiger partial charge is 0.256 e. The molecule has 1 aliphatic rings. The molecule has 6 heteroatoms. The lowest BCUT2D eigenvalue weighted by Crippen LogP contribution is -2.15. The van der Waals surface area contributed by atoms with Crippen molar-refractivity contribution in [3.05, 3.63) is 47.3 Å². The normalized spacial score (nSPS) is 13.9. The summed E-state index contributed by atoms with van der Waals surface area (Å²) in [6.07, 6.45) is 4.04. The fourth-order valence-electron chi connectivity index (χ4n) is 3.45.